The van der Waals surface area contributed by atoms with Gasteiger partial charge in [-0.3, -0.25) is 4.79 Å². The average molecular weight is 451 g/mol. The fourth-order valence-electron chi connectivity index (χ4n) is 3.68. The Balaban J connectivity index is 1.36. The fraction of sp³-hybridized carbons (Fsp3) is 0.318. The predicted molar refractivity (Wildman–Crippen MR) is 120 cm³/mol. The molecule has 1 fully saturated rings. The number of hydrogen-bond acceptors (Lipinski definition) is 7. The van der Waals surface area contributed by atoms with Crippen LogP contribution in [0.15, 0.2) is 42.5 Å². The first-order valence-corrected chi connectivity index (χ1v) is 10.4. The van der Waals surface area contributed by atoms with Crippen LogP contribution in [0.25, 0.3) is 11.4 Å². The molecule has 0 bridgehead atoms. The molecule has 0 aliphatic carbocycles. The van der Waals surface area contributed by atoms with Crippen molar-refractivity contribution in [2.75, 3.05) is 45.7 Å². The van der Waals surface area contributed by atoms with Gasteiger partial charge >= 0.3 is 6.03 Å². The van der Waals surface area contributed by atoms with Gasteiger partial charge in [0, 0.05) is 50.0 Å². The summed E-state index contributed by atoms with van der Waals surface area (Å²) in [6, 6.07) is 12.2. The number of aromatic nitrogens is 4. The highest BCUT2D eigenvalue weighted by atomic mass is 16.5. The van der Waals surface area contributed by atoms with Crippen molar-refractivity contribution in [2.45, 2.75) is 0 Å². The standard InChI is InChI=1S/C22H25N7O4/c1-27-20(24-25-26-27)15-5-4-6-17(13-15)23-22(31)29-11-9-28(10-12-29)21(30)16-7-8-18(32-2)19(14-16)33-3/h4-8,13-14H,9-12H2,1-3H3,(H,23,31). The molecule has 11 heteroatoms. The van der Waals surface area contributed by atoms with Crippen LogP contribution >= 0.6 is 0 Å². The molecule has 0 saturated carbocycles. The first-order chi connectivity index (χ1) is 16.0. The van der Waals surface area contributed by atoms with Crippen molar-refractivity contribution in [1.82, 2.24) is 30.0 Å². The molecule has 1 aliphatic rings. The number of amides is 3. The fourth-order valence-corrected chi connectivity index (χ4v) is 3.68. The summed E-state index contributed by atoms with van der Waals surface area (Å²) < 4.78 is 12.1. The van der Waals surface area contributed by atoms with Crippen LogP contribution in [-0.2, 0) is 7.05 Å². The van der Waals surface area contributed by atoms with Gasteiger partial charge in [-0.15, -0.1) is 5.10 Å². The highest BCUT2D eigenvalue weighted by Crippen LogP contribution is 2.28. The second-order valence-electron chi connectivity index (χ2n) is 7.49. The van der Waals surface area contributed by atoms with Gasteiger partial charge in [0.25, 0.3) is 5.91 Å². The number of methoxy groups -OCH3 is 2. The lowest BCUT2D eigenvalue weighted by Crippen LogP contribution is -2.51. The van der Waals surface area contributed by atoms with E-state index in [1.807, 2.05) is 24.3 Å². The van der Waals surface area contributed by atoms with E-state index in [1.165, 1.54) is 7.11 Å². The van der Waals surface area contributed by atoms with E-state index in [2.05, 4.69) is 20.8 Å². The average Bonchev–Trinajstić information content (AvgIpc) is 3.29. The van der Waals surface area contributed by atoms with Crippen molar-refractivity contribution in [1.29, 1.82) is 0 Å². The minimum Gasteiger partial charge on any atom is -0.493 e. The molecule has 0 radical (unpaired) electrons. The molecule has 0 spiro atoms. The molecule has 0 atom stereocenters. The number of anilines is 1. The number of carbonyl (C=O) groups is 2. The number of nitrogens with zero attached hydrogens (tertiary/aromatic N) is 6. The molecule has 0 unspecified atom stereocenters. The zero-order valence-corrected chi connectivity index (χ0v) is 18.7. The number of hydrogen-bond donors (Lipinski definition) is 1. The highest BCUT2D eigenvalue weighted by molar-refractivity contribution is 5.95. The Hall–Kier alpha value is -4.15. The summed E-state index contributed by atoms with van der Waals surface area (Å²) in [6.07, 6.45) is 0. The van der Waals surface area contributed by atoms with Gasteiger partial charge in [-0.25, -0.2) is 9.48 Å². The van der Waals surface area contributed by atoms with Crippen LogP contribution in [0.4, 0.5) is 10.5 Å². The molecule has 33 heavy (non-hydrogen) atoms. The summed E-state index contributed by atoms with van der Waals surface area (Å²) in [5.41, 5.74) is 1.95. The molecule has 2 heterocycles. The largest absolute Gasteiger partial charge is 0.493 e. The van der Waals surface area contributed by atoms with Crippen LogP contribution in [-0.4, -0.2) is 82.3 Å². The third-order valence-electron chi connectivity index (χ3n) is 5.48. The Morgan fingerprint density at radius 3 is 2.33 bits per heavy atom. The van der Waals surface area contributed by atoms with Crippen LogP contribution in [0.3, 0.4) is 0 Å². The van der Waals surface area contributed by atoms with E-state index < -0.39 is 0 Å². The van der Waals surface area contributed by atoms with Crippen LogP contribution in [0, 0.1) is 0 Å². The minimum atomic E-state index is -0.221. The van der Waals surface area contributed by atoms with Gasteiger partial charge < -0.3 is 24.6 Å². The van der Waals surface area contributed by atoms with Crippen molar-refractivity contribution in [2.24, 2.45) is 7.05 Å². The smallest absolute Gasteiger partial charge is 0.321 e. The molecule has 1 N–H and O–H groups in total. The molecule has 4 rings (SSSR count). The van der Waals surface area contributed by atoms with Gasteiger partial charge in [0.15, 0.2) is 17.3 Å². The predicted octanol–water partition coefficient (Wildman–Crippen LogP) is 1.88. The molecule has 1 aliphatic heterocycles. The van der Waals surface area contributed by atoms with E-state index in [0.29, 0.717) is 54.8 Å². The first kappa shape index (κ1) is 22.1. The van der Waals surface area contributed by atoms with Gasteiger partial charge in [-0.05, 0) is 40.8 Å². The molecule has 11 nitrogen and oxygen atoms in total. The Bertz CT molecular complexity index is 1160. The van der Waals surface area contributed by atoms with E-state index in [-0.39, 0.29) is 11.9 Å². The minimum absolute atomic E-state index is 0.110. The van der Waals surface area contributed by atoms with Crippen molar-refractivity contribution in [3.8, 4) is 22.9 Å². The summed E-state index contributed by atoms with van der Waals surface area (Å²) in [7, 11) is 4.83. The lowest BCUT2D eigenvalue weighted by atomic mass is 10.1. The molecule has 2 aromatic carbocycles. The van der Waals surface area contributed by atoms with Gasteiger partial charge in [-0.1, -0.05) is 12.1 Å². The summed E-state index contributed by atoms with van der Waals surface area (Å²) in [6.45, 7) is 1.73. The number of ether oxygens (including phenoxy) is 2. The quantitative estimate of drug-likeness (QED) is 0.630. The van der Waals surface area contributed by atoms with E-state index >= 15 is 0 Å². The van der Waals surface area contributed by atoms with E-state index in [4.69, 9.17) is 9.47 Å². The lowest BCUT2D eigenvalue weighted by Gasteiger charge is -2.34. The summed E-state index contributed by atoms with van der Waals surface area (Å²) in [4.78, 5) is 29.1. The van der Waals surface area contributed by atoms with Gasteiger partial charge in [0.1, 0.15) is 0 Å². The number of nitrogens with one attached hydrogen (secondary N) is 1. The normalized spacial score (nSPS) is 13.5. The molecule has 172 valence electrons. The van der Waals surface area contributed by atoms with Crippen LogP contribution < -0.4 is 14.8 Å². The molecule has 1 saturated heterocycles. The number of piperazine rings is 1. The first-order valence-electron chi connectivity index (χ1n) is 10.4. The molecule has 3 aromatic rings. The molecular weight excluding hydrogens is 426 g/mol. The monoisotopic (exact) mass is 451 g/mol. The van der Waals surface area contributed by atoms with Gasteiger partial charge in [0.05, 0.1) is 14.2 Å². The summed E-state index contributed by atoms with van der Waals surface area (Å²) in [5.74, 6) is 1.56. The van der Waals surface area contributed by atoms with Gasteiger partial charge in [-0.2, -0.15) is 0 Å². The van der Waals surface area contributed by atoms with Crippen LogP contribution in [0.5, 0.6) is 11.5 Å². The SMILES string of the molecule is COc1ccc(C(=O)N2CCN(C(=O)Nc3cccc(-c4nnnn4C)c3)CC2)cc1OC. The molecule has 1 aromatic heterocycles. The van der Waals surface area contributed by atoms with Crippen molar-refractivity contribution in [3.05, 3.63) is 48.0 Å². The van der Waals surface area contributed by atoms with E-state index in [0.717, 1.165) is 5.56 Å². The highest BCUT2D eigenvalue weighted by Gasteiger charge is 2.25. The maximum Gasteiger partial charge on any atom is 0.321 e. The molecular formula is C22H25N7O4. The number of tetrazole rings is 1. The Morgan fingerprint density at radius 1 is 0.939 bits per heavy atom. The third-order valence-corrected chi connectivity index (χ3v) is 5.48. The second kappa shape index (κ2) is 9.55. The number of carbonyl (C=O) groups excluding carboxylic acids is 2. The number of urea groups is 1. The Kier molecular flexibility index (Phi) is 6.38. The van der Waals surface area contributed by atoms with Crippen molar-refractivity contribution >= 4 is 17.6 Å². The van der Waals surface area contributed by atoms with E-state index in [9.17, 15) is 9.59 Å². The summed E-state index contributed by atoms with van der Waals surface area (Å²) >= 11 is 0. The zero-order valence-electron chi connectivity index (χ0n) is 18.7. The molecule has 3 amide bonds. The number of benzene rings is 2. The Morgan fingerprint density at radius 2 is 1.67 bits per heavy atom. The lowest BCUT2D eigenvalue weighted by molar-refractivity contribution is 0.0671. The van der Waals surface area contributed by atoms with Crippen LogP contribution in [0.1, 0.15) is 10.4 Å². The summed E-state index contributed by atoms with van der Waals surface area (Å²) in [5, 5.41) is 14.4. The Labute approximate surface area is 190 Å². The number of aryl methyl sites for hydroxylation is 1. The van der Waals surface area contributed by atoms with Gasteiger partial charge in [0.2, 0.25) is 0 Å². The number of rotatable bonds is 5. The second-order valence-corrected chi connectivity index (χ2v) is 7.49. The topological polar surface area (TPSA) is 115 Å². The maximum absolute atomic E-state index is 12.9. The van der Waals surface area contributed by atoms with Crippen molar-refractivity contribution in [3.63, 3.8) is 0 Å². The van der Waals surface area contributed by atoms with Crippen LogP contribution in [0.2, 0.25) is 0 Å². The van der Waals surface area contributed by atoms with Crippen molar-refractivity contribution < 1.29 is 19.1 Å². The third kappa shape index (κ3) is 4.71. The maximum atomic E-state index is 12.9. The van der Waals surface area contributed by atoms with E-state index in [1.54, 1.807) is 46.8 Å². The zero-order chi connectivity index (χ0) is 23.4.